The van der Waals surface area contributed by atoms with Crippen LogP contribution in [0.2, 0.25) is 0 Å². The number of carbonyl (C=O) groups is 1. The van der Waals surface area contributed by atoms with E-state index in [0.717, 1.165) is 30.3 Å². The summed E-state index contributed by atoms with van der Waals surface area (Å²) in [4.78, 5) is 38.3. The van der Waals surface area contributed by atoms with Gasteiger partial charge in [-0.05, 0) is 30.4 Å². The summed E-state index contributed by atoms with van der Waals surface area (Å²) in [5.74, 6) is -0.733. The average molecular weight is 401 g/mol. The Morgan fingerprint density at radius 1 is 1.14 bits per heavy atom. The van der Waals surface area contributed by atoms with Gasteiger partial charge < -0.3 is 5.32 Å². The van der Waals surface area contributed by atoms with Crippen LogP contribution < -0.4 is 16.6 Å². The van der Waals surface area contributed by atoms with Gasteiger partial charge in [-0.2, -0.15) is 0 Å². The molecule has 1 N–H and O–H groups in total. The lowest BCUT2D eigenvalue weighted by Crippen LogP contribution is -2.43. The van der Waals surface area contributed by atoms with Crippen molar-refractivity contribution in [3.05, 3.63) is 67.9 Å². The molecule has 0 aliphatic heterocycles. The van der Waals surface area contributed by atoms with Crippen LogP contribution in [0.25, 0.3) is 10.2 Å². The van der Waals surface area contributed by atoms with Crippen molar-refractivity contribution in [2.75, 3.05) is 0 Å². The van der Waals surface area contributed by atoms with Gasteiger partial charge in [-0.25, -0.2) is 9.18 Å². The summed E-state index contributed by atoms with van der Waals surface area (Å²) in [7, 11) is 0. The van der Waals surface area contributed by atoms with Crippen LogP contribution in [-0.4, -0.2) is 21.1 Å². The molecular formula is C20H20FN3O3S. The van der Waals surface area contributed by atoms with E-state index in [4.69, 9.17) is 0 Å². The molecule has 1 saturated carbocycles. The molecule has 1 amide bonds. The molecule has 0 atom stereocenters. The second-order valence-electron chi connectivity index (χ2n) is 7.04. The molecule has 0 bridgehead atoms. The summed E-state index contributed by atoms with van der Waals surface area (Å²) < 4.78 is 16.7. The summed E-state index contributed by atoms with van der Waals surface area (Å²) in [6, 6.07) is 7.84. The standard InChI is InChI=1S/C20H20FN3O3S/c21-15-8-4-1-5-13(15)11-24-19(26)18-16(9-10-28-18)23(20(24)27)12-17(25)22-14-6-2-3-7-14/h1,4-5,8-10,14H,2-3,6-7,11-12H2,(H,22,25). The summed E-state index contributed by atoms with van der Waals surface area (Å²) in [6.45, 7) is -0.345. The van der Waals surface area contributed by atoms with E-state index in [1.54, 1.807) is 23.6 Å². The summed E-state index contributed by atoms with van der Waals surface area (Å²) >= 11 is 1.21. The predicted molar refractivity (Wildman–Crippen MR) is 106 cm³/mol. The lowest BCUT2D eigenvalue weighted by molar-refractivity contribution is -0.122. The maximum Gasteiger partial charge on any atom is 0.332 e. The highest BCUT2D eigenvalue weighted by atomic mass is 32.1. The number of amides is 1. The number of nitrogens with one attached hydrogen (secondary N) is 1. The van der Waals surface area contributed by atoms with Crippen LogP contribution >= 0.6 is 11.3 Å². The fourth-order valence-electron chi connectivity index (χ4n) is 3.71. The van der Waals surface area contributed by atoms with E-state index < -0.39 is 17.1 Å². The number of hydrogen-bond donors (Lipinski definition) is 1. The summed E-state index contributed by atoms with van der Waals surface area (Å²) in [5.41, 5.74) is -0.391. The molecule has 2 aromatic heterocycles. The summed E-state index contributed by atoms with van der Waals surface area (Å²) in [5, 5.41) is 4.67. The predicted octanol–water partition coefficient (Wildman–Crippen LogP) is 2.47. The molecule has 1 aromatic carbocycles. The first-order valence-electron chi connectivity index (χ1n) is 9.28. The van der Waals surface area contributed by atoms with Crippen molar-refractivity contribution in [1.29, 1.82) is 0 Å². The maximum atomic E-state index is 14.0. The molecule has 146 valence electrons. The largest absolute Gasteiger partial charge is 0.352 e. The maximum absolute atomic E-state index is 14.0. The minimum Gasteiger partial charge on any atom is -0.352 e. The van der Waals surface area contributed by atoms with Crippen LogP contribution in [0.1, 0.15) is 31.2 Å². The molecule has 4 rings (SSSR count). The van der Waals surface area contributed by atoms with Gasteiger partial charge in [-0.15, -0.1) is 11.3 Å². The first-order chi connectivity index (χ1) is 13.5. The molecule has 1 fully saturated rings. The lowest BCUT2D eigenvalue weighted by Gasteiger charge is -2.15. The van der Waals surface area contributed by atoms with Gasteiger partial charge in [0, 0.05) is 11.6 Å². The Hall–Kier alpha value is -2.74. The Labute approximate surface area is 164 Å². The molecule has 0 spiro atoms. The number of benzene rings is 1. The third kappa shape index (κ3) is 3.52. The van der Waals surface area contributed by atoms with E-state index >= 15 is 0 Å². The second kappa shape index (κ2) is 7.71. The molecule has 28 heavy (non-hydrogen) atoms. The highest BCUT2D eigenvalue weighted by molar-refractivity contribution is 7.17. The van der Waals surface area contributed by atoms with Gasteiger partial charge in [0.15, 0.2) is 0 Å². The molecule has 0 unspecified atom stereocenters. The number of rotatable bonds is 5. The van der Waals surface area contributed by atoms with E-state index in [1.807, 2.05) is 0 Å². The Morgan fingerprint density at radius 2 is 1.89 bits per heavy atom. The number of hydrogen-bond acceptors (Lipinski definition) is 4. The van der Waals surface area contributed by atoms with Crippen LogP contribution in [0.15, 0.2) is 45.3 Å². The molecular weight excluding hydrogens is 381 g/mol. The monoisotopic (exact) mass is 401 g/mol. The van der Waals surface area contributed by atoms with Crippen molar-refractivity contribution in [3.8, 4) is 0 Å². The number of aromatic nitrogens is 2. The van der Waals surface area contributed by atoms with Crippen molar-refractivity contribution < 1.29 is 9.18 Å². The average Bonchev–Trinajstić information content (AvgIpc) is 3.35. The van der Waals surface area contributed by atoms with E-state index in [2.05, 4.69) is 5.32 Å². The Morgan fingerprint density at radius 3 is 2.64 bits per heavy atom. The van der Waals surface area contributed by atoms with Crippen molar-refractivity contribution in [3.63, 3.8) is 0 Å². The Balaban J connectivity index is 1.72. The zero-order valence-corrected chi connectivity index (χ0v) is 16.0. The van der Waals surface area contributed by atoms with Crippen LogP contribution in [0.4, 0.5) is 4.39 Å². The highest BCUT2D eigenvalue weighted by Gasteiger charge is 2.20. The first-order valence-corrected chi connectivity index (χ1v) is 10.2. The van der Waals surface area contributed by atoms with Gasteiger partial charge >= 0.3 is 5.69 Å². The molecule has 0 saturated heterocycles. The van der Waals surface area contributed by atoms with Gasteiger partial charge in [-0.3, -0.25) is 18.7 Å². The van der Waals surface area contributed by atoms with E-state index in [-0.39, 0.29) is 30.6 Å². The third-order valence-electron chi connectivity index (χ3n) is 5.14. The van der Waals surface area contributed by atoms with Gasteiger partial charge in [0.2, 0.25) is 5.91 Å². The van der Waals surface area contributed by atoms with Gasteiger partial charge in [0.25, 0.3) is 5.56 Å². The van der Waals surface area contributed by atoms with Crippen LogP contribution in [0.5, 0.6) is 0 Å². The number of thiophene rings is 1. The van der Waals surface area contributed by atoms with Crippen LogP contribution in [0, 0.1) is 5.82 Å². The normalized spacial score (nSPS) is 14.6. The number of fused-ring (bicyclic) bond motifs is 1. The highest BCUT2D eigenvalue weighted by Crippen LogP contribution is 2.18. The topological polar surface area (TPSA) is 73.1 Å². The Bertz CT molecular complexity index is 1140. The number of halogens is 1. The fourth-order valence-corrected chi connectivity index (χ4v) is 4.55. The third-order valence-corrected chi connectivity index (χ3v) is 6.04. The van der Waals surface area contributed by atoms with Crippen molar-refractivity contribution in [2.45, 2.75) is 44.8 Å². The van der Waals surface area contributed by atoms with Gasteiger partial charge in [0.05, 0.1) is 12.1 Å². The molecule has 1 aliphatic rings. The van der Waals surface area contributed by atoms with Gasteiger partial charge in [0.1, 0.15) is 17.1 Å². The molecule has 6 nitrogen and oxygen atoms in total. The number of nitrogens with zero attached hydrogens (tertiary/aromatic N) is 2. The smallest absolute Gasteiger partial charge is 0.332 e. The first kappa shape index (κ1) is 18.6. The lowest BCUT2D eigenvalue weighted by atomic mass is 10.2. The molecule has 1 aliphatic carbocycles. The quantitative estimate of drug-likeness (QED) is 0.714. The molecule has 8 heteroatoms. The van der Waals surface area contributed by atoms with Crippen molar-refractivity contribution in [1.82, 2.24) is 14.5 Å². The van der Waals surface area contributed by atoms with Crippen LogP contribution in [0.3, 0.4) is 0 Å². The fraction of sp³-hybridized carbons (Fsp3) is 0.350. The Kier molecular flexibility index (Phi) is 5.13. The van der Waals surface area contributed by atoms with Gasteiger partial charge in [-0.1, -0.05) is 31.0 Å². The second-order valence-corrected chi connectivity index (χ2v) is 7.95. The zero-order chi connectivity index (χ0) is 19.7. The summed E-state index contributed by atoms with van der Waals surface area (Å²) in [6.07, 6.45) is 4.07. The molecule has 2 heterocycles. The zero-order valence-electron chi connectivity index (χ0n) is 15.2. The van der Waals surface area contributed by atoms with E-state index in [1.165, 1.54) is 28.0 Å². The minimum atomic E-state index is -0.610. The van der Waals surface area contributed by atoms with E-state index in [0.29, 0.717) is 10.2 Å². The van der Waals surface area contributed by atoms with Crippen molar-refractivity contribution >= 4 is 27.5 Å². The molecule has 0 radical (unpaired) electrons. The SMILES string of the molecule is O=C(Cn1c(=O)n(Cc2ccccc2F)c(=O)c2sccc21)NC1CCCC1. The van der Waals surface area contributed by atoms with Crippen molar-refractivity contribution in [2.24, 2.45) is 0 Å². The minimum absolute atomic E-state index is 0.144. The molecule has 3 aromatic rings. The van der Waals surface area contributed by atoms with Crippen LogP contribution in [-0.2, 0) is 17.9 Å². The van der Waals surface area contributed by atoms with E-state index in [9.17, 15) is 18.8 Å². The number of carbonyl (C=O) groups excluding carboxylic acids is 1.